The van der Waals surface area contributed by atoms with Crippen LogP contribution in [-0.2, 0) is 11.3 Å². The molecule has 9 nitrogen and oxygen atoms in total. The van der Waals surface area contributed by atoms with E-state index in [0.29, 0.717) is 18.7 Å². The van der Waals surface area contributed by atoms with Gasteiger partial charge in [0.2, 0.25) is 11.8 Å². The van der Waals surface area contributed by atoms with Gasteiger partial charge >= 0.3 is 0 Å². The fourth-order valence-electron chi connectivity index (χ4n) is 2.23. The molecule has 0 fully saturated rings. The van der Waals surface area contributed by atoms with Crippen LogP contribution in [0.25, 0.3) is 6.08 Å². The second kappa shape index (κ2) is 9.27. The molecule has 0 unspecified atom stereocenters. The molecule has 0 bridgehead atoms. The molecule has 1 aromatic heterocycles. The number of likely N-dealkylation sites (N-methyl/N-ethyl adjacent to an activating group) is 1. The lowest BCUT2D eigenvalue weighted by molar-refractivity contribution is -0.384. The van der Waals surface area contributed by atoms with E-state index in [1.54, 1.807) is 25.1 Å². The maximum absolute atomic E-state index is 12.4. The number of benzene rings is 1. The van der Waals surface area contributed by atoms with E-state index < -0.39 is 4.92 Å². The van der Waals surface area contributed by atoms with Crippen molar-refractivity contribution in [1.29, 1.82) is 0 Å². The molecule has 142 valence electrons. The molecule has 0 aliphatic rings. The number of nitro groups is 1. The van der Waals surface area contributed by atoms with E-state index in [2.05, 4.69) is 10.3 Å². The Bertz CT molecular complexity index is 842. The summed E-state index contributed by atoms with van der Waals surface area (Å²) in [6.07, 6.45) is 4.20. The molecule has 0 aliphatic carbocycles. The van der Waals surface area contributed by atoms with Crippen molar-refractivity contribution in [3.05, 3.63) is 63.9 Å². The van der Waals surface area contributed by atoms with Crippen LogP contribution >= 0.6 is 0 Å². The number of amides is 2. The number of aromatic nitrogens is 1. The molecule has 27 heavy (non-hydrogen) atoms. The summed E-state index contributed by atoms with van der Waals surface area (Å²) in [5.41, 5.74) is 0.817. The number of rotatable bonds is 8. The normalized spacial score (nSPS) is 10.7. The van der Waals surface area contributed by atoms with Gasteiger partial charge in [0.25, 0.3) is 11.6 Å². The van der Waals surface area contributed by atoms with Crippen LogP contribution in [0.4, 0.5) is 5.69 Å². The van der Waals surface area contributed by atoms with E-state index in [4.69, 9.17) is 4.42 Å². The summed E-state index contributed by atoms with van der Waals surface area (Å²) >= 11 is 0. The van der Waals surface area contributed by atoms with E-state index in [1.807, 2.05) is 6.92 Å². The Morgan fingerprint density at radius 2 is 2.00 bits per heavy atom. The number of carbonyl (C=O) groups is 2. The molecule has 0 aliphatic heterocycles. The fraction of sp³-hybridized carbons (Fsp3) is 0.278. The Labute approximate surface area is 155 Å². The first-order valence-corrected chi connectivity index (χ1v) is 8.38. The Morgan fingerprint density at radius 1 is 1.30 bits per heavy atom. The third-order valence-electron chi connectivity index (χ3n) is 3.66. The van der Waals surface area contributed by atoms with Crippen molar-refractivity contribution in [2.75, 3.05) is 13.1 Å². The van der Waals surface area contributed by atoms with Crippen LogP contribution < -0.4 is 5.32 Å². The minimum atomic E-state index is -0.483. The summed E-state index contributed by atoms with van der Waals surface area (Å²) < 4.78 is 5.26. The predicted octanol–water partition coefficient (Wildman–Crippen LogP) is 2.39. The first-order valence-electron chi connectivity index (χ1n) is 8.38. The zero-order chi connectivity index (χ0) is 19.8. The van der Waals surface area contributed by atoms with Crippen molar-refractivity contribution < 1.29 is 18.9 Å². The number of hydrogen-bond donors (Lipinski definition) is 1. The number of oxazole rings is 1. The molecule has 1 aromatic carbocycles. The van der Waals surface area contributed by atoms with Crippen LogP contribution in [0.2, 0.25) is 0 Å². The molecule has 1 heterocycles. The van der Waals surface area contributed by atoms with Crippen molar-refractivity contribution in [3.63, 3.8) is 0 Å². The average Bonchev–Trinajstić information content (AvgIpc) is 3.13. The number of nitrogens with one attached hydrogen (secondary N) is 1. The molecule has 2 rings (SSSR count). The smallest absolute Gasteiger partial charge is 0.273 e. The Kier molecular flexibility index (Phi) is 6.81. The number of nitrogens with zero attached hydrogens (tertiary/aromatic N) is 3. The molecule has 0 atom stereocenters. The van der Waals surface area contributed by atoms with Gasteiger partial charge in [0.05, 0.1) is 11.5 Å². The van der Waals surface area contributed by atoms with Crippen molar-refractivity contribution in [1.82, 2.24) is 15.2 Å². The van der Waals surface area contributed by atoms with E-state index in [-0.39, 0.29) is 35.6 Å². The van der Waals surface area contributed by atoms with Crippen LogP contribution in [0.1, 0.15) is 35.8 Å². The molecule has 2 aromatic rings. The zero-order valence-corrected chi connectivity index (χ0v) is 15.0. The highest BCUT2D eigenvalue weighted by atomic mass is 16.6. The molecular weight excluding hydrogens is 352 g/mol. The third-order valence-corrected chi connectivity index (χ3v) is 3.66. The molecule has 9 heteroatoms. The van der Waals surface area contributed by atoms with Crippen molar-refractivity contribution in [2.45, 2.75) is 20.4 Å². The Balaban J connectivity index is 2.01. The predicted molar refractivity (Wildman–Crippen MR) is 97.7 cm³/mol. The summed E-state index contributed by atoms with van der Waals surface area (Å²) in [5, 5.41) is 13.3. The first kappa shape index (κ1) is 19.8. The van der Waals surface area contributed by atoms with Gasteiger partial charge in [-0.15, -0.1) is 0 Å². The minimum absolute atomic E-state index is 0.0135. The number of non-ortho nitro benzene ring substituents is 1. The quantitative estimate of drug-likeness (QED) is 0.432. The van der Waals surface area contributed by atoms with Gasteiger partial charge in [0, 0.05) is 31.3 Å². The largest absolute Gasteiger partial charge is 0.446 e. The SMILES string of the molecule is CCNC(=O)c1coc(CN(CC)C(=O)/C=C/c2ccc([N+](=O)[O-])cc2)n1. The third kappa shape index (κ3) is 5.50. The van der Waals surface area contributed by atoms with Gasteiger partial charge in [-0.1, -0.05) is 0 Å². The lowest BCUT2D eigenvalue weighted by Crippen LogP contribution is -2.29. The van der Waals surface area contributed by atoms with Crippen LogP contribution in [0.5, 0.6) is 0 Å². The topological polar surface area (TPSA) is 119 Å². The molecule has 0 spiro atoms. The highest BCUT2D eigenvalue weighted by Gasteiger charge is 2.16. The van der Waals surface area contributed by atoms with Gasteiger partial charge in [0.15, 0.2) is 5.69 Å². The van der Waals surface area contributed by atoms with Gasteiger partial charge in [-0.25, -0.2) is 4.98 Å². The highest BCUT2D eigenvalue weighted by molar-refractivity contribution is 5.92. The standard InChI is InChI=1S/C18H20N4O5/c1-3-19-18(24)15-12-27-16(20-15)11-21(4-2)17(23)10-7-13-5-8-14(9-6-13)22(25)26/h5-10,12H,3-4,11H2,1-2H3,(H,19,24)/b10-7+. The lowest BCUT2D eigenvalue weighted by Gasteiger charge is -2.16. The number of carbonyl (C=O) groups excluding carboxylic acids is 2. The van der Waals surface area contributed by atoms with Crippen molar-refractivity contribution in [2.24, 2.45) is 0 Å². The van der Waals surface area contributed by atoms with Gasteiger partial charge in [-0.05, 0) is 37.6 Å². The second-order valence-corrected chi connectivity index (χ2v) is 5.52. The summed E-state index contributed by atoms with van der Waals surface area (Å²) in [5.74, 6) is -0.344. The van der Waals surface area contributed by atoms with Crippen LogP contribution in [0.3, 0.4) is 0 Å². The highest BCUT2D eigenvalue weighted by Crippen LogP contribution is 2.13. The van der Waals surface area contributed by atoms with E-state index in [0.717, 1.165) is 0 Å². The minimum Gasteiger partial charge on any atom is -0.446 e. The Morgan fingerprint density at radius 3 is 2.59 bits per heavy atom. The number of nitro benzene ring substituents is 1. The first-order chi connectivity index (χ1) is 12.9. The molecule has 2 amide bonds. The van der Waals surface area contributed by atoms with E-state index >= 15 is 0 Å². The molecule has 1 N–H and O–H groups in total. The van der Waals surface area contributed by atoms with Crippen LogP contribution in [0, 0.1) is 10.1 Å². The monoisotopic (exact) mass is 372 g/mol. The van der Waals surface area contributed by atoms with Crippen molar-refractivity contribution in [3.8, 4) is 0 Å². The van der Waals surface area contributed by atoms with Crippen LogP contribution in [0.15, 0.2) is 41.0 Å². The Hall–Kier alpha value is -3.49. The van der Waals surface area contributed by atoms with E-state index in [1.165, 1.54) is 29.4 Å². The molecule has 0 saturated carbocycles. The molecule has 0 saturated heterocycles. The van der Waals surface area contributed by atoms with Crippen molar-refractivity contribution >= 4 is 23.6 Å². The molecule has 0 radical (unpaired) electrons. The summed E-state index contributed by atoms with van der Waals surface area (Å²) in [4.78, 5) is 39.8. The van der Waals surface area contributed by atoms with Gasteiger partial charge in [-0.3, -0.25) is 19.7 Å². The maximum Gasteiger partial charge on any atom is 0.273 e. The van der Waals surface area contributed by atoms with Gasteiger partial charge in [-0.2, -0.15) is 0 Å². The van der Waals surface area contributed by atoms with E-state index in [9.17, 15) is 19.7 Å². The fourth-order valence-corrected chi connectivity index (χ4v) is 2.23. The zero-order valence-electron chi connectivity index (χ0n) is 15.0. The second-order valence-electron chi connectivity index (χ2n) is 5.52. The maximum atomic E-state index is 12.4. The summed E-state index contributed by atoms with van der Waals surface area (Å²) in [7, 11) is 0. The number of hydrogen-bond acceptors (Lipinski definition) is 6. The lowest BCUT2D eigenvalue weighted by atomic mass is 10.2. The van der Waals surface area contributed by atoms with Crippen LogP contribution in [-0.4, -0.2) is 39.7 Å². The summed E-state index contributed by atoms with van der Waals surface area (Å²) in [6.45, 7) is 4.63. The van der Waals surface area contributed by atoms with Gasteiger partial charge < -0.3 is 14.6 Å². The summed E-state index contributed by atoms with van der Waals surface area (Å²) in [6, 6.07) is 5.87. The van der Waals surface area contributed by atoms with Gasteiger partial charge in [0.1, 0.15) is 6.26 Å². The average molecular weight is 372 g/mol. The molecular formula is C18H20N4O5.